The van der Waals surface area contributed by atoms with E-state index < -0.39 is 12.6 Å². The summed E-state index contributed by atoms with van der Waals surface area (Å²) >= 11 is 0. The van der Waals surface area contributed by atoms with Crippen molar-refractivity contribution in [1.82, 2.24) is 14.9 Å². The van der Waals surface area contributed by atoms with Crippen molar-refractivity contribution < 1.29 is 14.6 Å². The number of carbonyl (C=O) groups excluding carboxylic acids is 1. The van der Waals surface area contributed by atoms with Gasteiger partial charge in [0.15, 0.2) is 0 Å². The average molecular weight is 245 g/mol. The van der Waals surface area contributed by atoms with Crippen molar-refractivity contribution in [3.05, 3.63) is 42.5 Å². The molecule has 7 heteroatoms. The van der Waals surface area contributed by atoms with E-state index in [1.165, 1.54) is 23.5 Å². The van der Waals surface area contributed by atoms with Crippen molar-refractivity contribution >= 4 is 12.2 Å². The second-order valence-corrected chi connectivity index (χ2v) is 3.28. The monoisotopic (exact) mass is 245 g/mol. The molecule has 2 rings (SSSR count). The van der Waals surface area contributed by atoms with Gasteiger partial charge in [0.05, 0.1) is 12.2 Å². The van der Waals surface area contributed by atoms with Crippen LogP contribution >= 0.6 is 0 Å². The maximum Gasteiger partial charge on any atom is 0.141 e. The molecule has 0 bridgehead atoms. The number of ether oxygens (including phenoxy) is 1. The highest BCUT2D eigenvalue weighted by atomic mass is 16.5. The third kappa shape index (κ3) is 3.14. The van der Waals surface area contributed by atoms with Gasteiger partial charge < -0.3 is 14.6 Å². The van der Waals surface area contributed by atoms with Crippen LogP contribution in [-0.4, -0.2) is 33.7 Å². The SMILES string of the molecule is O=C([O-])COc1ccccc1/C=N\n1cnnc1. The summed E-state index contributed by atoms with van der Waals surface area (Å²) in [4.78, 5) is 10.3. The molecule has 0 N–H and O–H groups in total. The van der Waals surface area contributed by atoms with Crippen LogP contribution in [0.3, 0.4) is 0 Å². The summed E-state index contributed by atoms with van der Waals surface area (Å²) in [6.07, 6.45) is 4.39. The molecule has 92 valence electrons. The molecule has 7 nitrogen and oxygen atoms in total. The fraction of sp³-hybridized carbons (Fsp3) is 0.0909. The second kappa shape index (κ2) is 5.58. The lowest BCUT2D eigenvalue weighted by molar-refractivity contribution is -0.307. The molecular weight excluding hydrogens is 236 g/mol. The minimum atomic E-state index is -1.28. The Hall–Kier alpha value is -2.70. The molecule has 0 saturated heterocycles. The predicted molar refractivity (Wildman–Crippen MR) is 60.0 cm³/mol. The highest BCUT2D eigenvalue weighted by Gasteiger charge is 2.00. The van der Waals surface area contributed by atoms with Crippen molar-refractivity contribution in [3.63, 3.8) is 0 Å². The van der Waals surface area contributed by atoms with Gasteiger partial charge >= 0.3 is 0 Å². The number of benzene rings is 1. The summed E-state index contributed by atoms with van der Waals surface area (Å²) in [5.74, 6) is -0.862. The van der Waals surface area contributed by atoms with E-state index >= 15 is 0 Å². The standard InChI is InChI=1S/C11H10N4O3/c16-11(17)6-18-10-4-2-1-3-9(10)5-14-15-7-12-13-8-15/h1-5,7-8H,6H2,(H,16,17)/p-1/b14-5-. The van der Waals surface area contributed by atoms with Crippen molar-refractivity contribution in [3.8, 4) is 5.75 Å². The molecule has 18 heavy (non-hydrogen) atoms. The number of rotatable bonds is 5. The number of aromatic nitrogens is 3. The minimum absolute atomic E-state index is 0.415. The van der Waals surface area contributed by atoms with Crippen LogP contribution in [0.5, 0.6) is 5.75 Å². The smallest absolute Gasteiger partial charge is 0.141 e. The molecule has 0 fully saturated rings. The number of carbonyl (C=O) groups is 1. The van der Waals surface area contributed by atoms with Crippen LogP contribution in [0.2, 0.25) is 0 Å². The Bertz CT molecular complexity index is 551. The summed E-state index contributed by atoms with van der Waals surface area (Å²) < 4.78 is 6.49. The lowest BCUT2D eigenvalue weighted by Crippen LogP contribution is -2.29. The number of para-hydroxylation sites is 1. The van der Waals surface area contributed by atoms with Gasteiger partial charge in [-0.1, -0.05) is 12.1 Å². The zero-order valence-electron chi connectivity index (χ0n) is 9.26. The number of hydrogen-bond acceptors (Lipinski definition) is 6. The van der Waals surface area contributed by atoms with Gasteiger partial charge in [0.25, 0.3) is 0 Å². The molecule has 0 aliphatic rings. The Labute approximate surface area is 102 Å². The molecule has 0 aliphatic heterocycles. The first kappa shape index (κ1) is 11.8. The van der Waals surface area contributed by atoms with Crippen LogP contribution in [0.15, 0.2) is 42.0 Å². The van der Waals surface area contributed by atoms with E-state index in [0.29, 0.717) is 11.3 Å². The topological polar surface area (TPSA) is 92.4 Å². The molecule has 0 spiro atoms. The molecule has 1 aromatic carbocycles. The fourth-order valence-corrected chi connectivity index (χ4v) is 1.24. The van der Waals surface area contributed by atoms with Crippen LogP contribution in [0, 0.1) is 0 Å². The third-order valence-electron chi connectivity index (χ3n) is 2.00. The van der Waals surface area contributed by atoms with Crippen molar-refractivity contribution in [2.45, 2.75) is 0 Å². The van der Waals surface area contributed by atoms with Gasteiger partial charge in [0.2, 0.25) is 0 Å². The first-order chi connectivity index (χ1) is 8.75. The summed E-state index contributed by atoms with van der Waals surface area (Å²) in [5, 5.41) is 21.6. The lowest BCUT2D eigenvalue weighted by Gasteiger charge is -2.08. The Morgan fingerprint density at radius 2 is 2.11 bits per heavy atom. The minimum Gasteiger partial charge on any atom is -0.546 e. The first-order valence-electron chi connectivity index (χ1n) is 5.06. The van der Waals surface area contributed by atoms with Crippen LogP contribution in [-0.2, 0) is 4.79 Å². The number of carboxylic acids is 1. The van der Waals surface area contributed by atoms with Gasteiger partial charge in [-0.3, -0.25) is 0 Å². The maximum absolute atomic E-state index is 10.3. The second-order valence-electron chi connectivity index (χ2n) is 3.28. The highest BCUT2D eigenvalue weighted by Crippen LogP contribution is 2.15. The molecule has 0 radical (unpaired) electrons. The first-order valence-corrected chi connectivity index (χ1v) is 5.06. The summed E-state index contributed by atoms with van der Waals surface area (Å²) in [6.45, 7) is -0.502. The zero-order chi connectivity index (χ0) is 12.8. The third-order valence-corrected chi connectivity index (χ3v) is 2.00. The van der Waals surface area contributed by atoms with Crippen LogP contribution in [0.1, 0.15) is 5.56 Å². The Balaban J connectivity index is 2.14. The summed E-state index contributed by atoms with van der Waals surface area (Å²) in [7, 11) is 0. The molecule has 0 saturated carbocycles. The van der Waals surface area contributed by atoms with Gasteiger partial charge in [-0.05, 0) is 12.1 Å². The normalized spacial score (nSPS) is 10.7. The van der Waals surface area contributed by atoms with Crippen molar-refractivity contribution in [2.75, 3.05) is 6.61 Å². The van der Waals surface area contributed by atoms with E-state index in [4.69, 9.17) is 4.74 Å². The Morgan fingerprint density at radius 1 is 1.39 bits per heavy atom. The largest absolute Gasteiger partial charge is 0.546 e. The van der Waals surface area contributed by atoms with Gasteiger partial charge in [-0.25, -0.2) is 4.68 Å². The van der Waals surface area contributed by atoms with E-state index in [2.05, 4.69) is 15.3 Å². The van der Waals surface area contributed by atoms with Crippen LogP contribution in [0.25, 0.3) is 0 Å². The lowest BCUT2D eigenvalue weighted by atomic mass is 10.2. The molecule has 0 atom stereocenters. The highest BCUT2D eigenvalue weighted by molar-refractivity contribution is 5.83. The maximum atomic E-state index is 10.3. The molecule has 1 heterocycles. The van der Waals surface area contributed by atoms with Gasteiger partial charge in [0, 0.05) is 5.56 Å². The fourth-order valence-electron chi connectivity index (χ4n) is 1.24. The molecule has 0 unspecified atom stereocenters. The van der Waals surface area contributed by atoms with E-state index in [1.807, 2.05) is 0 Å². The molecule has 1 aromatic heterocycles. The van der Waals surface area contributed by atoms with E-state index in [1.54, 1.807) is 24.3 Å². The molecule has 0 amide bonds. The van der Waals surface area contributed by atoms with Crippen LogP contribution in [0.4, 0.5) is 0 Å². The van der Waals surface area contributed by atoms with Crippen LogP contribution < -0.4 is 9.84 Å². The number of aliphatic carboxylic acids is 1. The average Bonchev–Trinajstić information content (AvgIpc) is 2.88. The Kier molecular flexibility index (Phi) is 3.65. The number of nitrogens with zero attached hydrogens (tertiary/aromatic N) is 4. The quantitative estimate of drug-likeness (QED) is 0.649. The van der Waals surface area contributed by atoms with Gasteiger partial charge in [0.1, 0.15) is 25.0 Å². The van der Waals surface area contributed by atoms with E-state index in [-0.39, 0.29) is 0 Å². The van der Waals surface area contributed by atoms with E-state index in [0.717, 1.165) is 0 Å². The van der Waals surface area contributed by atoms with E-state index in [9.17, 15) is 9.90 Å². The Morgan fingerprint density at radius 3 is 2.83 bits per heavy atom. The predicted octanol–water partition coefficient (Wildman–Crippen LogP) is -0.711. The van der Waals surface area contributed by atoms with Gasteiger partial charge in [-0.2, -0.15) is 5.10 Å². The summed E-state index contributed by atoms with van der Waals surface area (Å²) in [6, 6.07) is 6.93. The van der Waals surface area contributed by atoms with Gasteiger partial charge in [-0.15, -0.1) is 10.2 Å². The number of hydrogen-bond donors (Lipinski definition) is 0. The summed E-state index contributed by atoms with van der Waals surface area (Å²) in [5.41, 5.74) is 0.646. The van der Waals surface area contributed by atoms with Crippen molar-refractivity contribution in [1.29, 1.82) is 0 Å². The molecule has 0 aliphatic carbocycles. The number of carboxylic acid groups (broad SMARTS) is 1. The van der Waals surface area contributed by atoms with Crippen molar-refractivity contribution in [2.24, 2.45) is 5.10 Å². The molecule has 2 aromatic rings. The molecular formula is C11H9N4O3-. The zero-order valence-corrected chi connectivity index (χ0v) is 9.26.